The number of hydrogen-bond donors (Lipinski definition) is 0. The molecule has 8 heteroatoms. The first-order chi connectivity index (χ1) is 16.3. The van der Waals surface area contributed by atoms with E-state index in [1.807, 2.05) is 50.2 Å². The van der Waals surface area contributed by atoms with Gasteiger partial charge in [0.05, 0.1) is 33.4 Å². The lowest BCUT2D eigenvalue weighted by molar-refractivity contribution is -0.142. The summed E-state index contributed by atoms with van der Waals surface area (Å²) in [7, 11) is 2.92. The van der Waals surface area contributed by atoms with Gasteiger partial charge < -0.3 is 24.0 Å². The van der Waals surface area contributed by atoms with Gasteiger partial charge in [-0.05, 0) is 54.8 Å². The van der Waals surface area contributed by atoms with Gasteiger partial charge in [0.25, 0.3) is 5.91 Å². The average molecular weight is 469 g/mol. The second-order valence-electron chi connectivity index (χ2n) is 8.44. The molecule has 8 nitrogen and oxygen atoms in total. The van der Waals surface area contributed by atoms with Crippen molar-refractivity contribution in [2.24, 2.45) is 0 Å². The molecule has 1 aliphatic heterocycles. The second kappa shape index (κ2) is 11.7. The molecule has 0 radical (unpaired) electrons. The number of carbonyl (C=O) groups is 3. The van der Waals surface area contributed by atoms with Crippen LogP contribution in [0, 0.1) is 13.8 Å². The third-order valence-corrected chi connectivity index (χ3v) is 6.00. The molecule has 1 aliphatic rings. The molecule has 2 aromatic rings. The first-order valence-corrected chi connectivity index (χ1v) is 11.3. The molecule has 182 valence electrons. The van der Waals surface area contributed by atoms with Crippen molar-refractivity contribution in [2.75, 3.05) is 40.4 Å². The van der Waals surface area contributed by atoms with Gasteiger partial charge in [-0.1, -0.05) is 18.2 Å². The Bertz CT molecular complexity index is 1040. The summed E-state index contributed by atoms with van der Waals surface area (Å²) in [6.45, 7) is 4.90. The molecule has 1 atom stereocenters. The minimum Gasteiger partial charge on any atom is -0.497 e. The molecule has 0 spiro atoms. The van der Waals surface area contributed by atoms with E-state index in [9.17, 15) is 14.4 Å². The summed E-state index contributed by atoms with van der Waals surface area (Å²) in [6, 6.07) is 13.1. The van der Waals surface area contributed by atoms with E-state index in [4.69, 9.17) is 14.2 Å². The number of nitrogens with zero attached hydrogens (tertiary/aromatic N) is 2. The van der Waals surface area contributed by atoms with Gasteiger partial charge in [-0.25, -0.2) is 0 Å². The number of aryl methyl sites for hydroxylation is 2. The highest BCUT2D eigenvalue weighted by atomic mass is 16.5. The summed E-state index contributed by atoms with van der Waals surface area (Å²) in [5, 5.41) is 0. The van der Waals surface area contributed by atoms with Gasteiger partial charge in [0, 0.05) is 25.2 Å². The van der Waals surface area contributed by atoms with E-state index in [0.29, 0.717) is 12.2 Å². The molecule has 3 rings (SSSR count). The Balaban J connectivity index is 1.78. The number of esters is 1. The number of amides is 2. The minimum absolute atomic E-state index is 0.0774. The highest BCUT2D eigenvalue weighted by Crippen LogP contribution is 2.18. The van der Waals surface area contributed by atoms with Crippen molar-refractivity contribution in [2.45, 2.75) is 33.0 Å². The first-order valence-electron chi connectivity index (χ1n) is 11.3. The Labute approximate surface area is 200 Å². The molecular formula is C26H32N2O6. The molecule has 1 fully saturated rings. The van der Waals surface area contributed by atoms with Crippen LogP contribution in [-0.2, 0) is 25.7 Å². The average Bonchev–Trinajstić information content (AvgIpc) is 3.00. The van der Waals surface area contributed by atoms with E-state index in [-0.39, 0.29) is 44.4 Å². The number of ether oxygens (including phenoxy) is 3. The molecule has 1 unspecified atom stereocenters. The SMILES string of the molecule is COC(=O)CCN1CC(OCc2cccc(OC)c2)CN(C(=O)c2ccc(C)c(C)c2)CC1=O. The first kappa shape index (κ1) is 25.2. The van der Waals surface area contributed by atoms with Gasteiger partial charge in [-0.3, -0.25) is 14.4 Å². The molecule has 2 amide bonds. The van der Waals surface area contributed by atoms with E-state index in [0.717, 1.165) is 22.4 Å². The molecule has 0 aliphatic carbocycles. The van der Waals surface area contributed by atoms with Gasteiger partial charge in [-0.2, -0.15) is 0 Å². The Kier molecular flexibility index (Phi) is 8.65. The fourth-order valence-corrected chi connectivity index (χ4v) is 3.82. The molecule has 1 saturated heterocycles. The van der Waals surface area contributed by atoms with Gasteiger partial charge in [0.15, 0.2) is 0 Å². The maximum atomic E-state index is 13.3. The maximum Gasteiger partial charge on any atom is 0.307 e. The van der Waals surface area contributed by atoms with Crippen LogP contribution in [0.2, 0.25) is 0 Å². The van der Waals surface area contributed by atoms with Crippen molar-refractivity contribution in [3.8, 4) is 5.75 Å². The van der Waals surface area contributed by atoms with E-state index in [1.54, 1.807) is 18.1 Å². The van der Waals surface area contributed by atoms with Gasteiger partial charge in [0.2, 0.25) is 5.91 Å². The fraction of sp³-hybridized carbons (Fsp3) is 0.423. The van der Waals surface area contributed by atoms with Crippen LogP contribution in [-0.4, -0.2) is 74.1 Å². The topological polar surface area (TPSA) is 85.4 Å². The van der Waals surface area contributed by atoms with Crippen LogP contribution >= 0.6 is 0 Å². The fourth-order valence-electron chi connectivity index (χ4n) is 3.82. The van der Waals surface area contributed by atoms with Crippen LogP contribution in [0.4, 0.5) is 0 Å². The van der Waals surface area contributed by atoms with Crippen molar-refractivity contribution in [3.05, 3.63) is 64.7 Å². The second-order valence-corrected chi connectivity index (χ2v) is 8.44. The van der Waals surface area contributed by atoms with Gasteiger partial charge in [0.1, 0.15) is 12.3 Å². The lowest BCUT2D eigenvalue weighted by Crippen LogP contribution is -2.40. The Morgan fingerprint density at radius 1 is 1.03 bits per heavy atom. The Hall–Kier alpha value is -3.39. The summed E-state index contributed by atoms with van der Waals surface area (Å²) in [6.07, 6.45) is -0.346. The molecule has 2 aromatic carbocycles. The van der Waals surface area contributed by atoms with E-state index in [2.05, 4.69) is 0 Å². The Morgan fingerprint density at radius 2 is 1.82 bits per heavy atom. The third-order valence-electron chi connectivity index (χ3n) is 6.00. The van der Waals surface area contributed by atoms with Crippen LogP contribution < -0.4 is 4.74 Å². The number of methoxy groups -OCH3 is 2. The highest BCUT2D eigenvalue weighted by molar-refractivity contribution is 5.97. The molecule has 0 N–H and O–H groups in total. The predicted molar refractivity (Wildman–Crippen MR) is 127 cm³/mol. The smallest absolute Gasteiger partial charge is 0.307 e. The van der Waals surface area contributed by atoms with Crippen LogP contribution in [0.25, 0.3) is 0 Å². The summed E-state index contributed by atoms with van der Waals surface area (Å²) >= 11 is 0. The van der Waals surface area contributed by atoms with E-state index in [1.165, 1.54) is 12.0 Å². The maximum absolute atomic E-state index is 13.3. The zero-order valence-corrected chi connectivity index (χ0v) is 20.2. The van der Waals surface area contributed by atoms with Gasteiger partial charge >= 0.3 is 5.97 Å². The quantitative estimate of drug-likeness (QED) is 0.554. The summed E-state index contributed by atoms with van der Waals surface area (Å²) in [4.78, 5) is 41.0. The highest BCUT2D eigenvalue weighted by Gasteiger charge is 2.31. The summed E-state index contributed by atoms with van der Waals surface area (Å²) in [5.74, 6) is -0.118. The van der Waals surface area contributed by atoms with Crippen LogP contribution in [0.15, 0.2) is 42.5 Å². The van der Waals surface area contributed by atoms with E-state index >= 15 is 0 Å². The zero-order chi connectivity index (χ0) is 24.7. The van der Waals surface area contributed by atoms with Crippen molar-refractivity contribution in [1.82, 2.24) is 9.80 Å². The van der Waals surface area contributed by atoms with Crippen LogP contribution in [0.3, 0.4) is 0 Å². The van der Waals surface area contributed by atoms with Crippen LogP contribution in [0.5, 0.6) is 5.75 Å². The third kappa shape index (κ3) is 6.57. The van der Waals surface area contributed by atoms with Gasteiger partial charge in [-0.15, -0.1) is 0 Å². The molecule has 0 aromatic heterocycles. The van der Waals surface area contributed by atoms with Crippen molar-refractivity contribution in [3.63, 3.8) is 0 Å². The summed E-state index contributed by atoms with van der Waals surface area (Å²) < 4.78 is 16.1. The molecule has 0 bridgehead atoms. The molecular weight excluding hydrogens is 436 g/mol. The molecule has 34 heavy (non-hydrogen) atoms. The summed E-state index contributed by atoms with van der Waals surface area (Å²) in [5.41, 5.74) is 3.56. The minimum atomic E-state index is -0.425. The largest absolute Gasteiger partial charge is 0.497 e. The Morgan fingerprint density at radius 3 is 2.53 bits per heavy atom. The number of carbonyl (C=O) groups excluding carboxylic acids is 3. The van der Waals surface area contributed by atoms with Crippen molar-refractivity contribution in [1.29, 1.82) is 0 Å². The molecule has 0 saturated carbocycles. The lowest BCUT2D eigenvalue weighted by Gasteiger charge is -2.25. The molecule has 1 heterocycles. The number of hydrogen-bond acceptors (Lipinski definition) is 6. The monoisotopic (exact) mass is 468 g/mol. The zero-order valence-electron chi connectivity index (χ0n) is 20.2. The standard InChI is InChI=1S/C26H32N2O6/c1-18-8-9-21(12-19(18)2)26(31)28-15-23(34-17-20-6-5-7-22(13-20)32-3)14-27(24(29)16-28)11-10-25(30)33-4/h5-9,12-13,23H,10-11,14-17H2,1-4H3. The van der Waals surface area contributed by atoms with Crippen molar-refractivity contribution < 1.29 is 28.6 Å². The van der Waals surface area contributed by atoms with E-state index < -0.39 is 12.1 Å². The number of rotatable bonds is 8. The lowest BCUT2D eigenvalue weighted by atomic mass is 10.1. The van der Waals surface area contributed by atoms with Crippen molar-refractivity contribution >= 4 is 17.8 Å². The number of benzene rings is 2. The normalized spacial score (nSPS) is 16.2. The predicted octanol–water partition coefficient (Wildman–Crippen LogP) is 2.74. The van der Waals surface area contributed by atoms with Crippen LogP contribution in [0.1, 0.15) is 33.5 Å².